The number of hydrogen-bond donors (Lipinski definition) is 0. The van der Waals surface area contributed by atoms with E-state index >= 15 is 0 Å². The van der Waals surface area contributed by atoms with E-state index in [4.69, 9.17) is 23.7 Å². The number of ether oxygens (including phenoxy) is 5. The number of esters is 5. The van der Waals surface area contributed by atoms with E-state index in [1.54, 1.807) is 81.5 Å². The lowest BCUT2D eigenvalue weighted by molar-refractivity contribution is -0.132. The molecule has 10 heteroatoms. The van der Waals surface area contributed by atoms with E-state index in [-0.39, 0.29) is 22.6 Å². The van der Waals surface area contributed by atoms with Gasteiger partial charge < -0.3 is 23.7 Å². The topological polar surface area (TPSA) is 132 Å². The van der Waals surface area contributed by atoms with Crippen molar-refractivity contribution < 1.29 is 47.7 Å². The zero-order valence-electron chi connectivity index (χ0n) is 41.9. The van der Waals surface area contributed by atoms with Gasteiger partial charge in [-0.3, -0.25) is 0 Å². The van der Waals surface area contributed by atoms with Gasteiger partial charge in [0, 0.05) is 33.4 Å². The molecule has 0 N–H and O–H groups in total. The van der Waals surface area contributed by atoms with Crippen molar-refractivity contribution in [2.24, 2.45) is 0 Å². The van der Waals surface area contributed by atoms with Crippen LogP contribution in [-0.4, -0.2) is 29.8 Å². The Balaban J connectivity index is 0.000000272. The Bertz CT molecular complexity index is 3270. The van der Waals surface area contributed by atoms with Gasteiger partial charge in [0.25, 0.3) is 0 Å². The largest absolute Gasteiger partial charge is 0.423 e. The van der Waals surface area contributed by atoms with Gasteiger partial charge in [-0.2, -0.15) is 0 Å². The fourth-order valence-electron chi connectivity index (χ4n) is 6.69. The van der Waals surface area contributed by atoms with Crippen molar-refractivity contribution in [1.82, 2.24) is 0 Å². The summed E-state index contributed by atoms with van der Waals surface area (Å²) >= 11 is 0. The summed E-state index contributed by atoms with van der Waals surface area (Å²) in [5, 5.41) is 0. The molecule has 6 rings (SSSR count). The second-order valence-electron chi connectivity index (χ2n) is 17.1. The molecule has 0 fully saturated rings. The van der Waals surface area contributed by atoms with Crippen molar-refractivity contribution in [1.29, 1.82) is 0 Å². The molecule has 0 heterocycles. The van der Waals surface area contributed by atoms with Crippen LogP contribution < -0.4 is 23.7 Å². The molecule has 0 bridgehead atoms. The van der Waals surface area contributed by atoms with E-state index in [1.807, 2.05) is 73.7 Å². The zero-order chi connectivity index (χ0) is 53.7. The van der Waals surface area contributed by atoms with Gasteiger partial charge in [-0.15, -0.1) is 0 Å². The number of hydrogen-bond acceptors (Lipinski definition) is 10. The first kappa shape index (κ1) is 54.5. The highest BCUT2D eigenvalue weighted by Crippen LogP contribution is 2.38. The van der Waals surface area contributed by atoms with Gasteiger partial charge >= 0.3 is 29.8 Å². The maximum absolute atomic E-state index is 12.2. The second kappa shape index (κ2) is 24.4. The van der Waals surface area contributed by atoms with Crippen molar-refractivity contribution >= 4 is 47.6 Å². The summed E-state index contributed by atoms with van der Waals surface area (Å²) in [5.74, 6) is -1.22. The van der Waals surface area contributed by atoms with Gasteiger partial charge in [0.1, 0.15) is 17.2 Å². The molecule has 0 spiro atoms. The smallest absolute Gasteiger partial charge is 0.338 e. The van der Waals surface area contributed by atoms with E-state index in [2.05, 4.69) is 58.7 Å². The fourth-order valence-corrected chi connectivity index (χ4v) is 6.69. The molecule has 0 aromatic heterocycles. The van der Waals surface area contributed by atoms with Crippen LogP contribution in [0.25, 0.3) is 62.2 Å². The van der Waals surface area contributed by atoms with Crippen LogP contribution in [0, 0.1) is 0 Å². The van der Waals surface area contributed by atoms with Crippen LogP contribution in [0.2, 0.25) is 0 Å². The third kappa shape index (κ3) is 14.3. The third-order valence-corrected chi connectivity index (χ3v) is 10.7. The summed E-state index contributed by atoms with van der Waals surface area (Å²) in [5.41, 5.74) is 12.1. The van der Waals surface area contributed by atoms with Gasteiger partial charge in [-0.1, -0.05) is 131 Å². The first-order chi connectivity index (χ1) is 34.6. The van der Waals surface area contributed by atoms with Crippen LogP contribution in [0.15, 0.2) is 202 Å². The number of carbonyl (C=O) groups excluding carboxylic acids is 5. The van der Waals surface area contributed by atoms with Crippen LogP contribution >= 0.6 is 0 Å². The zero-order valence-corrected chi connectivity index (χ0v) is 41.9. The summed E-state index contributed by atoms with van der Waals surface area (Å²) in [6, 6.07) is 36.9. The van der Waals surface area contributed by atoms with Gasteiger partial charge in [-0.05, 0) is 158 Å². The minimum atomic E-state index is -0.644. The Hall–Kier alpha value is -9.41. The van der Waals surface area contributed by atoms with Gasteiger partial charge in [0.2, 0.25) is 0 Å². The van der Waals surface area contributed by atoms with E-state index < -0.39 is 29.8 Å². The first-order valence-corrected chi connectivity index (χ1v) is 22.7. The molecule has 0 aliphatic carbocycles. The van der Waals surface area contributed by atoms with E-state index in [9.17, 15) is 24.0 Å². The summed E-state index contributed by atoms with van der Waals surface area (Å²) < 4.78 is 26.8. The van der Waals surface area contributed by atoms with Crippen molar-refractivity contribution in [3.05, 3.63) is 219 Å². The lowest BCUT2D eigenvalue weighted by atomic mass is 9.91. The summed E-state index contributed by atoms with van der Waals surface area (Å²) in [6.07, 6.45) is 3.39. The fraction of sp³-hybridized carbons (Fsp3) is 0.0952. The minimum absolute atomic E-state index is 0.0780. The van der Waals surface area contributed by atoms with Crippen LogP contribution in [0.1, 0.15) is 58.2 Å². The molecule has 73 heavy (non-hydrogen) atoms. The van der Waals surface area contributed by atoms with Crippen molar-refractivity contribution in [2.45, 2.75) is 41.5 Å². The van der Waals surface area contributed by atoms with E-state index in [1.165, 1.54) is 13.8 Å². The third-order valence-electron chi connectivity index (χ3n) is 10.7. The average molecular weight is 973 g/mol. The molecule has 368 valence electrons. The SMILES string of the molecule is C=Cc1cc(-c2ccc(-c3ccc(OC(=O)C(=C)C)cc3)c(C(=C)C)c2)ccc1OC(=O)C(=C)C.C=Cc1cc(-c2ccc(OC(=O)C(=C)C)c(OC(=O)C(=C)C)c2)ccc1-c1ccc(OC(=O)C(=C)C)cc1. The summed E-state index contributed by atoms with van der Waals surface area (Å²) in [6.45, 7) is 39.8. The predicted octanol–water partition coefficient (Wildman–Crippen LogP) is 14.8. The molecule has 0 saturated carbocycles. The molecule has 6 aromatic rings. The molecule has 10 nitrogen and oxygen atoms in total. The average Bonchev–Trinajstić information content (AvgIpc) is 3.36. The number of allylic oxidation sites excluding steroid dienone is 1. The molecule has 0 aliphatic rings. The number of carbonyl (C=O) groups is 5. The standard InChI is InChI=1S/C32H28O6.C31H28O4/c1-8-22-17-24(11-15-27(22)23-9-13-26(14-10-23)36-30(33)19(2)3)25-12-16-28(37-31(34)20(4)5)29(18-25)38-32(35)21(6)7;1-8-22-17-24(12-16-29(22)35-31(33)21(6)7)25-11-15-27(28(18-25)19(2)3)23-9-13-26(14-10-23)34-30(32)20(4)5/h8-18H,1-2,4,6H2,3,5,7H3;8-18H,1-2,4,6H2,3,5,7H3. The predicted molar refractivity (Wildman–Crippen MR) is 292 cm³/mol. The van der Waals surface area contributed by atoms with Gasteiger partial charge in [0.15, 0.2) is 11.5 Å². The number of benzene rings is 6. The van der Waals surface area contributed by atoms with Crippen LogP contribution in [0.4, 0.5) is 0 Å². The summed E-state index contributed by atoms with van der Waals surface area (Å²) in [7, 11) is 0. The van der Waals surface area contributed by atoms with Gasteiger partial charge in [0.05, 0.1) is 0 Å². The molecular weight excluding hydrogens is 917 g/mol. The Morgan fingerprint density at radius 1 is 0.342 bits per heavy atom. The van der Waals surface area contributed by atoms with Gasteiger partial charge in [-0.25, -0.2) is 24.0 Å². The van der Waals surface area contributed by atoms with Crippen LogP contribution in [-0.2, 0) is 24.0 Å². The lowest BCUT2D eigenvalue weighted by Crippen LogP contribution is -2.12. The highest BCUT2D eigenvalue weighted by Gasteiger charge is 2.18. The molecule has 0 amide bonds. The maximum Gasteiger partial charge on any atom is 0.338 e. The quantitative estimate of drug-likeness (QED) is 0.0494. The highest BCUT2D eigenvalue weighted by atomic mass is 16.6. The van der Waals surface area contributed by atoms with Crippen molar-refractivity contribution in [2.75, 3.05) is 0 Å². The molecule has 6 aromatic carbocycles. The molecule has 0 saturated heterocycles. The van der Waals surface area contributed by atoms with E-state index in [0.717, 1.165) is 61.2 Å². The first-order valence-electron chi connectivity index (χ1n) is 22.7. The highest BCUT2D eigenvalue weighted by molar-refractivity contribution is 5.93. The van der Waals surface area contributed by atoms with Crippen molar-refractivity contribution in [3.8, 4) is 73.3 Å². The number of rotatable bonds is 17. The normalized spacial score (nSPS) is 10.2. The molecule has 0 atom stereocenters. The lowest BCUT2D eigenvalue weighted by Gasteiger charge is -2.14. The molecule has 0 aliphatic heterocycles. The Morgan fingerprint density at radius 3 is 1.11 bits per heavy atom. The monoisotopic (exact) mass is 972 g/mol. The van der Waals surface area contributed by atoms with Crippen LogP contribution in [0.3, 0.4) is 0 Å². The van der Waals surface area contributed by atoms with Crippen LogP contribution in [0.5, 0.6) is 28.7 Å². The van der Waals surface area contributed by atoms with E-state index in [0.29, 0.717) is 39.5 Å². The summed E-state index contributed by atoms with van der Waals surface area (Å²) in [4.78, 5) is 59.8. The molecular formula is C63H56O10. The Morgan fingerprint density at radius 2 is 0.671 bits per heavy atom. The maximum atomic E-state index is 12.2. The minimum Gasteiger partial charge on any atom is -0.423 e. The Kier molecular flexibility index (Phi) is 18.2. The van der Waals surface area contributed by atoms with Crippen molar-refractivity contribution in [3.63, 3.8) is 0 Å². The molecule has 0 radical (unpaired) electrons. The second-order valence-corrected chi connectivity index (χ2v) is 17.1. The Labute approximate surface area is 426 Å². The molecule has 0 unspecified atom stereocenters.